The minimum atomic E-state index is 0.157. The molecule has 2 aliphatic rings. The minimum absolute atomic E-state index is 0.157. The molecule has 3 aromatic rings. The molecular formula is C27H35N5O. The zero-order chi connectivity index (χ0) is 22.8. The van der Waals surface area contributed by atoms with E-state index < -0.39 is 0 Å². The number of aryl methyl sites for hydroxylation is 2. The van der Waals surface area contributed by atoms with Gasteiger partial charge in [-0.3, -0.25) is 9.78 Å². The Labute approximate surface area is 196 Å². The fourth-order valence-corrected chi connectivity index (χ4v) is 5.52. The van der Waals surface area contributed by atoms with Crippen molar-refractivity contribution in [3.8, 4) is 0 Å². The number of carbonyl (C=O) groups excluding carboxylic acids is 1. The average Bonchev–Trinajstić information content (AvgIpc) is 3.19. The molecule has 1 saturated carbocycles. The molecule has 1 aliphatic carbocycles. The number of carbonyl (C=O) groups is 1. The van der Waals surface area contributed by atoms with E-state index in [1.165, 1.54) is 48.2 Å². The Hall–Kier alpha value is -2.89. The number of rotatable bonds is 5. The molecule has 1 aliphatic heterocycles. The number of likely N-dealkylation sites (tertiary alicyclic amines) is 1. The summed E-state index contributed by atoms with van der Waals surface area (Å²) in [5, 5.41) is 5.82. The van der Waals surface area contributed by atoms with Crippen LogP contribution in [0.4, 0.5) is 0 Å². The number of piperidine rings is 1. The highest BCUT2D eigenvalue weighted by Crippen LogP contribution is 2.36. The fourth-order valence-electron chi connectivity index (χ4n) is 5.52. The van der Waals surface area contributed by atoms with Crippen molar-refractivity contribution in [1.29, 1.82) is 0 Å². The van der Waals surface area contributed by atoms with Gasteiger partial charge in [-0.05, 0) is 68.2 Å². The second-order valence-electron chi connectivity index (χ2n) is 9.99. The molecule has 5 rings (SSSR count). The van der Waals surface area contributed by atoms with Gasteiger partial charge in [-0.2, -0.15) is 9.89 Å². The quantitative estimate of drug-likeness (QED) is 0.570. The summed E-state index contributed by atoms with van der Waals surface area (Å²) in [5.41, 5.74) is 5.17. The lowest BCUT2D eigenvalue weighted by Gasteiger charge is -2.30. The second kappa shape index (κ2) is 9.54. The maximum atomic E-state index is 12.8. The summed E-state index contributed by atoms with van der Waals surface area (Å²) in [5.74, 6) is 7.60. The first-order valence-corrected chi connectivity index (χ1v) is 12.6. The number of nitrogen functional groups attached to an aromatic ring is 1. The molecule has 2 fully saturated rings. The molecule has 2 N–H and O–H groups in total. The van der Waals surface area contributed by atoms with Crippen molar-refractivity contribution in [2.75, 3.05) is 18.9 Å². The van der Waals surface area contributed by atoms with Gasteiger partial charge in [0.25, 0.3) is 5.91 Å². The molecule has 0 unspecified atom stereocenters. The van der Waals surface area contributed by atoms with Crippen LogP contribution in [0, 0.1) is 5.92 Å². The van der Waals surface area contributed by atoms with E-state index in [4.69, 9.17) is 10.8 Å². The van der Waals surface area contributed by atoms with Crippen molar-refractivity contribution >= 4 is 16.8 Å². The summed E-state index contributed by atoms with van der Waals surface area (Å²) in [6.45, 7) is 4.00. The summed E-state index contributed by atoms with van der Waals surface area (Å²) in [6.07, 6.45) is 12.0. The standard InChI is InChI=1S/C27H35N5O/c1-19-14-17-31(18-15-19)27(33)22-10-7-20(8-11-22)9-12-23-25-24(32(28)30-23)13-16-29-26(25)21-5-3-2-4-6-21/h7-8,10-11,13,16,19,21H,2-6,9,12,14-15,17-18,28H2,1H3. The highest BCUT2D eigenvalue weighted by atomic mass is 16.2. The normalized spacial score (nSPS) is 18.2. The number of pyridine rings is 1. The second-order valence-corrected chi connectivity index (χ2v) is 9.99. The van der Waals surface area contributed by atoms with Gasteiger partial charge in [-0.25, -0.2) is 0 Å². The summed E-state index contributed by atoms with van der Waals surface area (Å²) >= 11 is 0. The molecular weight excluding hydrogens is 410 g/mol. The van der Waals surface area contributed by atoms with Crippen LogP contribution in [0.25, 0.3) is 10.9 Å². The van der Waals surface area contributed by atoms with Crippen molar-refractivity contribution in [3.05, 3.63) is 59.0 Å². The van der Waals surface area contributed by atoms with Crippen LogP contribution in [-0.2, 0) is 12.8 Å². The first-order valence-electron chi connectivity index (χ1n) is 12.6. The van der Waals surface area contributed by atoms with Gasteiger partial charge in [-0.15, -0.1) is 0 Å². The highest BCUT2D eigenvalue weighted by molar-refractivity contribution is 5.94. The summed E-state index contributed by atoms with van der Waals surface area (Å²) in [4.78, 5) is 21.1. The van der Waals surface area contributed by atoms with Crippen molar-refractivity contribution in [3.63, 3.8) is 0 Å². The Kier molecular flexibility index (Phi) is 6.34. The SMILES string of the molecule is CC1CCN(C(=O)c2ccc(CCc3nn(N)c4ccnc(C5CCCCC5)c34)cc2)CC1. The van der Waals surface area contributed by atoms with Crippen LogP contribution in [0.15, 0.2) is 36.5 Å². The van der Waals surface area contributed by atoms with Crippen LogP contribution in [0.5, 0.6) is 0 Å². The molecule has 1 saturated heterocycles. The average molecular weight is 446 g/mol. The van der Waals surface area contributed by atoms with Crippen LogP contribution in [0.3, 0.4) is 0 Å². The Balaban J connectivity index is 1.30. The van der Waals surface area contributed by atoms with Gasteiger partial charge in [-0.1, -0.05) is 38.3 Å². The number of nitrogens with two attached hydrogens (primary N) is 1. The number of amides is 1. The molecule has 6 heteroatoms. The van der Waals surface area contributed by atoms with Gasteiger partial charge >= 0.3 is 0 Å². The molecule has 0 bridgehead atoms. The Morgan fingerprint density at radius 2 is 1.73 bits per heavy atom. The van der Waals surface area contributed by atoms with E-state index in [9.17, 15) is 4.79 Å². The summed E-state index contributed by atoms with van der Waals surface area (Å²) < 4.78 is 0. The van der Waals surface area contributed by atoms with Crippen LogP contribution >= 0.6 is 0 Å². The topological polar surface area (TPSA) is 77.0 Å². The van der Waals surface area contributed by atoms with Gasteiger partial charge in [0.1, 0.15) is 0 Å². The molecule has 6 nitrogen and oxygen atoms in total. The predicted octanol–water partition coefficient (Wildman–Crippen LogP) is 4.85. The molecule has 1 amide bonds. The van der Waals surface area contributed by atoms with Crippen molar-refractivity contribution in [2.45, 2.75) is 70.6 Å². The third-order valence-corrected chi connectivity index (χ3v) is 7.64. The van der Waals surface area contributed by atoms with Gasteiger partial charge < -0.3 is 10.7 Å². The zero-order valence-electron chi connectivity index (χ0n) is 19.7. The smallest absolute Gasteiger partial charge is 0.253 e. The van der Waals surface area contributed by atoms with E-state index in [2.05, 4.69) is 24.2 Å². The van der Waals surface area contributed by atoms with Crippen LogP contribution in [0.2, 0.25) is 0 Å². The van der Waals surface area contributed by atoms with Gasteiger partial charge in [0.2, 0.25) is 0 Å². The Bertz CT molecular complexity index is 1110. The van der Waals surface area contributed by atoms with Crippen LogP contribution < -0.4 is 5.84 Å². The summed E-state index contributed by atoms with van der Waals surface area (Å²) in [7, 11) is 0. The van der Waals surface area contributed by atoms with Crippen molar-refractivity contribution in [2.24, 2.45) is 5.92 Å². The van der Waals surface area contributed by atoms with Gasteiger partial charge in [0.05, 0.1) is 16.9 Å². The third kappa shape index (κ3) is 4.61. The van der Waals surface area contributed by atoms with E-state index in [1.54, 1.807) is 0 Å². The first-order chi connectivity index (χ1) is 16.1. The number of benzene rings is 1. The molecule has 0 atom stereocenters. The number of hydrogen-bond acceptors (Lipinski definition) is 4. The molecule has 0 radical (unpaired) electrons. The number of aromatic nitrogens is 3. The zero-order valence-corrected chi connectivity index (χ0v) is 19.7. The van der Waals surface area contributed by atoms with E-state index >= 15 is 0 Å². The molecule has 2 aromatic heterocycles. The maximum Gasteiger partial charge on any atom is 0.253 e. The molecule has 174 valence electrons. The Morgan fingerprint density at radius 1 is 1.00 bits per heavy atom. The van der Waals surface area contributed by atoms with Crippen LogP contribution in [-0.4, -0.2) is 38.8 Å². The molecule has 33 heavy (non-hydrogen) atoms. The predicted molar refractivity (Wildman–Crippen MR) is 132 cm³/mol. The van der Waals surface area contributed by atoms with E-state index in [-0.39, 0.29) is 5.91 Å². The molecule has 0 spiro atoms. The fraction of sp³-hybridized carbons (Fsp3) is 0.519. The lowest BCUT2D eigenvalue weighted by atomic mass is 9.85. The summed E-state index contributed by atoms with van der Waals surface area (Å²) in [6, 6.07) is 10.1. The number of fused-ring (bicyclic) bond motifs is 1. The lowest BCUT2D eigenvalue weighted by Crippen LogP contribution is -2.37. The van der Waals surface area contributed by atoms with Gasteiger partial charge in [0.15, 0.2) is 0 Å². The highest BCUT2D eigenvalue weighted by Gasteiger charge is 2.23. The third-order valence-electron chi connectivity index (χ3n) is 7.64. The van der Waals surface area contributed by atoms with Gasteiger partial charge in [0, 0.05) is 36.2 Å². The van der Waals surface area contributed by atoms with Crippen molar-refractivity contribution < 1.29 is 4.79 Å². The monoisotopic (exact) mass is 445 g/mol. The van der Waals surface area contributed by atoms with Crippen LogP contribution in [0.1, 0.15) is 85.1 Å². The first kappa shape index (κ1) is 21.9. The molecule has 1 aromatic carbocycles. The Morgan fingerprint density at radius 3 is 2.45 bits per heavy atom. The number of nitrogens with zero attached hydrogens (tertiary/aromatic N) is 4. The lowest BCUT2D eigenvalue weighted by molar-refractivity contribution is 0.0697. The number of hydrogen-bond donors (Lipinski definition) is 1. The largest absolute Gasteiger partial charge is 0.339 e. The van der Waals surface area contributed by atoms with E-state index in [1.807, 2.05) is 29.3 Å². The van der Waals surface area contributed by atoms with Crippen molar-refractivity contribution in [1.82, 2.24) is 19.8 Å². The maximum absolute atomic E-state index is 12.8. The molecule has 3 heterocycles. The van der Waals surface area contributed by atoms with E-state index in [0.717, 1.165) is 66.9 Å². The van der Waals surface area contributed by atoms with E-state index in [0.29, 0.717) is 5.92 Å². The minimum Gasteiger partial charge on any atom is -0.339 e.